The normalized spacial score (nSPS) is 12.1. The highest BCUT2D eigenvalue weighted by Gasteiger charge is 2.27. The summed E-state index contributed by atoms with van der Waals surface area (Å²) in [5.74, 6) is -0.529. The molecule has 25 heavy (non-hydrogen) atoms. The van der Waals surface area contributed by atoms with E-state index in [-0.39, 0.29) is 22.1 Å². The lowest BCUT2D eigenvalue weighted by Crippen LogP contribution is -2.27. The van der Waals surface area contributed by atoms with Gasteiger partial charge in [0.25, 0.3) is 6.43 Å². The third kappa shape index (κ3) is 3.37. The smallest absolute Gasteiger partial charge is 0.420 e. The molecule has 0 atom stereocenters. The van der Waals surface area contributed by atoms with Crippen LogP contribution in [0.1, 0.15) is 33.0 Å². The van der Waals surface area contributed by atoms with Gasteiger partial charge in [-0.3, -0.25) is 0 Å². The predicted octanol–water partition coefficient (Wildman–Crippen LogP) is 5.67. The second-order valence-electron chi connectivity index (χ2n) is 6.39. The van der Waals surface area contributed by atoms with Crippen molar-refractivity contribution in [2.45, 2.75) is 32.8 Å². The molecule has 0 saturated heterocycles. The molecular formula is C17H15ClF2N2O3. The van der Waals surface area contributed by atoms with E-state index in [4.69, 9.17) is 20.8 Å². The number of hydrogen-bond donors (Lipinski definition) is 0. The third-order valence-corrected chi connectivity index (χ3v) is 3.57. The molecular weight excluding hydrogens is 354 g/mol. The molecule has 0 aliphatic rings. The van der Waals surface area contributed by atoms with Crippen molar-refractivity contribution in [3.05, 3.63) is 41.4 Å². The molecule has 0 aliphatic heterocycles. The fourth-order valence-corrected chi connectivity index (χ4v) is 2.59. The van der Waals surface area contributed by atoms with Gasteiger partial charge in [0.05, 0.1) is 12.0 Å². The van der Waals surface area contributed by atoms with Gasteiger partial charge in [-0.05, 0) is 45.0 Å². The van der Waals surface area contributed by atoms with E-state index < -0.39 is 23.9 Å². The quantitative estimate of drug-likeness (QED) is 0.547. The molecule has 5 nitrogen and oxygen atoms in total. The number of furan rings is 1. The van der Waals surface area contributed by atoms with Gasteiger partial charge in [-0.15, -0.1) is 0 Å². The van der Waals surface area contributed by atoms with Crippen molar-refractivity contribution in [3.8, 4) is 11.3 Å². The summed E-state index contributed by atoms with van der Waals surface area (Å²) in [6, 6.07) is 6.14. The van der Waals surface area contributed by atoms with Crippen LogP contribution in [0.2, 0.25) is 5.15 Å². The van der Waals surface area contributed by atoms with Crippen LogP contribution in [-0.4, -0.2) is 21.2 Å². The minimum absolute atomic E-state index is 0.0926. The first-order chi connectivity index (χ1) is 11.7. The summed E-state index contributed by atoms with van der Waals surface area (Å²) < 4.78 is 37.8. The van der Waals surface area contributed by atoms with Gasteiger partial charge in [0.1, 0.15) is 10.8 Å². The first-order valence-electron chi connectivity index (χ1n) is 7.44. The molecule has 0 unspecified atom stereocenters. The summed E-state index contributed by atoms with van der Waals surface area (Å²) in [6.07, 6.45) is -2.42. The van der Waals surface area contributed by atoms with Crippen LogP contribution in [-0.2, 0) is 4.74 Å². The van der Waals surface area contributed by atoms with E-state index >= 15 is 0 Å². The summed E-state index contributed by atoms with van der Waals surface area (Å²) in [6.45, 7) is 5.12. The SMILES string of the molecule is CC(C)(C)OC(=O)n1c(-c2ccoc2C(F)F)cc2ccc(Cl)nc21. The molecule has 0 bridgehead atoms. The minimum Gasteiger partial charge on any atom is -0.463 e. The van der Waals surface area contributed by atoms with Crippen LogP contribution in [0.25, 0.3) is 22.3 Å². The van der Waals surface area contributed by atoms with Gasteiger partial charge < -0.3 is 9.15 Å². The van der Waals surface area contributed by atoms with Gasteiger partial charge in [0, 0.05) is 10.9 Å². The molecule has 0 N–H and O–H groups in total. The molecule has 132 valence electrons. The number of hydrogen-bond acceptors (Lipinski definition) is 4. The van der Waals surface area contributed by atoms with E-state index in [2.05, 4.69) is 4.98 Å². The van der Waals surface area contributed by atoms with Gasteiger partial charge in [-0.2, -0.15) is 0 Å². The van der Waals surface area contributed by atoms with E-state index in [1.807, 2.05) is 0 Å². The highest BCUT2D eigenvalue weighted by molar-refractivity contribution is 6.29. The van der Waals surface area contributed by atoms with Crippen LogP contribution in [0.4, 0.5) is 13.6 Å². The molecule has 0 radical (unpaired) electrons. The van der Waals surface area contributed by atoms with E-state index in [0.29, 0.717) is 5.39 Å². The number of fused-ring (bicyclic) bond motifs is 1. The van der Waals surface area contributed by atoms with E-state index in [1.165, 1.54) is 6.07 Å². The van der Waals surface area contributed by atoms with Crippen LogP contribution in [0.15, 0.2) is 34.9 Å². The number of rotatable bonds is 2. The van der Waals surface area contributed by atoms with Crippen molar-refractivity contribution in [1.29, 1.82) is 0 Å². The van der Waals surface area contributed by atoms with Crippen molar-refractivity contribution in [2.24, 2.45) is 0 Å². The molecule has 0 fully saturated rings. The van der Waals surface area contributed by atoms with E-state index in [9.17, 15) is 13.6 Å². The van der Waals surface area contributed by atoms with E-state index in [1.54, 1.807) is 39.0 Å². The lowest BCUT2D eigenvalue weighted by atomic mass is 10.1. The summed E-state index contributed by atoms with van der Waals surface area (Å²) in [7, 11) is 0. The average molecular weight is 369 g/mol. The number of ether oxygens (including phenoxy) is 1. The first-order valence-corrected chi connectivity index (χ1v) is 7.82. The van der Waals surface area contributed by atoms with Crippen molar-refractivity contribution < 1.29 is 22.7 Å². The van der Waals surface area contributed by atoms with Crippen LogP contribution in [0, 0.1) is 0 Å². The van der Waals surface area contributed by atoms with Crippen molar-refractivity contribution in [2.75, 3.05) is 0 Å². The monoisotopic (exact) mass is 368 g/mol. The number of aromatic nitrogens is 2. The molecule has 3 rings (SSSR count). The fourth-order valence-electron chi connectivity index (χ4n) is 2.45. The maximum atomic E-state index is 13.2. The highest BCUT2D eigenvalue weighted by Crippen LogP contribution is 2.35. The summed E-state index contributed by atoms with van der Waals surface area (Å²) in [5.41, 5.74) is -0.262. The van der Waals surface area contributed by atoms with Crippen molar-refractivity contribution >= 4 is 28.7 Å². The van der Waals surface area contributed by atoms with Crippen LogP contribution < -0.4 is 0 Å². The summed E-state index contributed by atoms with van der Waals surface area (Å²) in [4.78, 5) is 16.8. The number of pyridine rings is 1. The topological polar surface area (TPSA) is 57.3 Å². The number of halogens is 3. The lowest BCUT2D eigenvalue weighted by molar-refractivity contribution is 0.0546. The maximum Gasteiger partial charge on any atom is 0.420 e. The number of carbonyl (C=O) groups excluding carboxylic acids is 1. The number of carbonyl (C=O) groups is 1. The standard InChI is InChI=1S/C17H15ClF2N2O3/c1-17(2,3)25-16(23)22-11(10-6-7-24-13(10)14(19)20)8-9-4-5-12(18)21-15(9)22/h4-8,14H,1-3H3. The maximum absolute atomic E-state index is 13.2. The first kappa shape index (κ1) is 17.4. The van der Waals surface area contributed by atoms with Gasteiger partial charge >= 0.3 is 6.09 Å². The Morgan fingerprint density at radius 3 is 2.68 bits per heavy atom. The predicted molar refractivity (Wildman–Crippen MR) is 89.0 cm³/mol. The molecule has 0 aromatic carbocycles. The Morgan fingerprint density at radius 2 is 2.04 bits per heavy atom. The molecule has 3 aromatic heterocycles. The molecule has 0 saturated carbocycles. The second kappa shape index (κ2) is 6.15. The van der Waals surface area contributed by atoms with Crippen LogP contribution >= 0.6 is 11.6 Å². The Morgan fingerprint density at radius 1 is 1.32 bits per heavy atom. The Hall–Kier alpha value is -2.41. The number of alkyl halides is 2. The third-order valence-electron chi connectivity index (χ3n) is 3.36. The van der Waals surface area contributed by atoms with Gasteiger partial charge in [0.15, 0.2) is 11.4 Å². The van der Waals surface area contributed by atoms with Crippen LogP contribution in [0.3, 0.4) is 0 Å². The van der Waals surface area contributed by atoms with Gasteiger partial charge in [0.2, 0.25) is 0 Å². The number of nitrogens with zero attached hydrogens (tertiary/aromatic N) is 2. The van der Waals surface area contributed by atoms with Crippen molar-refractivity contribution in [1.82, 2.24) is 9.55 Å². The Balaban J connectivity index is 2.26. The zero-order chi connectivity index (χ0) is 18.4. The molecule has 3 heterocycles. The zero-order valence-electron chi connectivity index (χ0n) is 13.7. The molecule has 0 aliphatic carbocycles. The van der Waals surface area contributed by atoms with Gasteiger partial charge in [-0.1, -0.05) is 11.6 Å². The lowest BCUT2D eigenvalue weighted by Gasteiger charge is -2.20. The molecule has 0 spiro atoms. The summed E-state index contributed by atoms with van der Waals surface area (Å²) in [5, 5.41) is 0.731. The second-order valence-corrected chi connectivity index (χ2v) is 6.78. The van der Waals surface area contributed by atoms with Crippen LogP contribution in [0.5, 0.6) is 0 Å². The van der Waals surface area contributed by atoms with Gasteiger partial charge in [-0.25, -0.2) is 23.1 Å². The summed E-state index contributed by atoms with van der Waals surface area (Å²) >= 11 is 5.93. The molecule has 8 heteroatoms. The fraction of sp³-hybridized carbons (Fsp3) is 0.294. The Kier molecular flexibility index (Phi) is 4.28. The largest absolute Gasteiger partial charge is 0.463 e. The Bertz CT molecular complexity index is 941. The highest BCUT2D eigenvalue weighted by atomic mass is 35.5. The average Bonchev–Trinajstić information content (AvgIpc) is 3.08. The molecule has 0 amide bonds. The Labute approximate surface area is 147 Å². The zero-order valence-corrected chi connectivity index (χ0v) is 14.5. The minimum atomic E-state index is -2.83. The van der Waals surface area contributed by atoms with E-state index in [0.717, 1.165) is 10.8 Å². The molecule has 3 aromatic rings. The van der Waals surface area contributed by atoms with Crippen molar-refractivity contribution in [3.63, 3.8) is 0 Å².